The van der Waals surface area contributed by atoms with Crippen LogP contribution in [0.15, 0.2) is 24.3 Å². The number of halogens is 1. The van der Waals surface area contributed by atoms with E-state index in [1.165, 1.54) is 18.4 Å². The first-order chi connectivity index (χ1) is 6.74. The summed E-state index contributed by atoms with van der Waals surface area (Å²) in [4.78, 5) is 0. The number of hydrogen-bond donors (Lipinski definition) is 0. The summed E-state index contributed by atoms with van der Waals surface area (Å²) >= 11 is 3.53. The second kappa shape index (κ2) is 6.07. The molecule has 0 radical (unpaired) electrons. The van der Waals surface area contributed by atoms with Crippen molar-refractivity contribution in [2.75, 3.05) is 0 Å². The molecule has 0 spiro atoms. The van der Waals surface area contributed by atoms with Crippen LogP contribution in [0.25, 0.3) is 0 Å². The minimum Gasteiger partial charge on any atom is -0.479 e. The third-order valence-electron chi connectivity index (χ3n) is 2.13. The van der Waals surface area contributed by atoms with Crippen molar-refractivity contribution in [3.63, 3.8) is 0 Å². The van der Waals surface area contributed by atoms with Crippen molar-refractivity contribution in [1.29, 1.82) is 0 Å². The van der Waals surface area contributed by atoms with Crippen LogP contribution in [0.4, 0.5) is 0 Å². The van der Waals surface area contributed by atoms with Crippen molar-refractivity contribution in [2.45, 2.75) is 38.1 Å². The lowest BCUT2D eigenvalue weighted by molar-refractivity contribution is 0.277. The van der Waals surface area contributed by atoms with E-state index in [1.54, 1.807) is 0 Å². The number of rotatable bonds is 5. The fourth-order valence-corrected chi connectivity index (χ4v) is 1.78. The zero-order valence-electron chi connectivity index (χ0n) is 8.79. The molecule has 0 saturated heterocycles. The molecule has 0 saturated carbocycles. The summed E-state index contributed by atoms with van der Waals surface area (Å²) in [5.41, 5.74) is 1.19. The topological polar surface area (TPSA) is 9.23 Å². The standard InChI is InChI=1S/C12H17BrO/c1-3-4-9-12(13)14-11-8-6-5-7-10(11)2/h5-8,12H,3-4,9H2,1-2H3. The van der Waals surface area contributed by atoms with Gasteiger partial charge in [0, 0.05) is 0 Å². The number of alkyl halides is 1. The molecule has 78 valence electrons. The van der Waals surface area contributed by atoms with Crippen molar-refractivity contribution < 1.29 is 4.74 Å². The number of hydrogen-bond acceptors (Lipinski definition) is 1. The fraction of sp³-hybridized carbons (Fsp3) is 0.500. The van der Waals surface area contributed by atoms with Gasteiger partial charge in [0.05, 0.1) is 0 Å². The molecule has 14 heavy (non-hydrogen) atoms. The molecule has 1 nitrogen and oxygen atoms in total. The Kier molecular flexibility index (Phi) is 5.02. The third-order valence-corrected chi connectivity index (χ3v) is 2.78. The molecular formula is C12H17BrO. The van der Waals surface area contributed by atoms with E-state index in [2.05, 4.69) is 35.8 Å². The molecule has 1 atom stereocenters. The van der Waals surface area contributed by atoms with Crippen LogP contribution in [0.5, 0.6) is 5.75 Å². The first-order valence-corrected chi connectivity index (χ1v) is 6.02. The molecule has 1 unspecified atom stereocenters. The molecule has 0 fully saturated rings. The highest BCUT2D eigenvalue weighted by Gasteiger charge is 2.06. The van der Waals surface area contributed by atoms with Gasteiger partial charge in [0.2, 0.25) is 0 Å². The average molecular weight is 257 g/mol. The number of ether oxygens (including phenoxy) is 1. The zero-order valence-corrected chi connectivity index (χ0v) is 10.4. The fourth-order valence-electron chi connectivity index (χ4n) is 1.25. The van der Waals surface area contributed by atoms with Gasteiger partial charge in [-0.15, -0.1) is 0 Å². The Balaban J connectivity index is 2.47. The van der Waals surface area contributed by atoms with Gasteiger partial charge in [-0.2, -0.15) is 0 Å². The minimum absolute atomic E-state index is 0.142. The van der Waals surface area contributed by atoms with E-state index in [0.717, 1.165) is 12.2 Å². The summed E-state index contributed by atoms with van der Waals surface area (Å²) < 4.78 is 5.76. The van der Waals surface area contributed by atoms with Crippen LogP contribution in [0.1, 0.15) is 31.7 Å². The first kappa shape index (κ1) is 11.6. The summed E-state index contributed by atoms with van der Waals surface area (Å²) in [5.74, 6) is 0.977. The minimum atomic E-state index is 0.142. The van der Waals surface area contributed by atoms with Crippen molar-refractivity contribution in [3.8, 4) is 5.75 Å². The maximum Gasteiger partial charge on any atom is 0.153 e. The largest absolute Gasteiger partial charge is 0.479 e. The lowest BCUT2D eigenvalue weighted by Gasteiger charge is -2.14. The lowest BCUT2D eigenvalue weighted by atomic mass is 10.2. The van der Waals surface area contributed by atoms with Gasteiger partial charge in [-0.05, 0) is 47.3 Å². The normalized spacial score (nSPS) is 12.5. The summed E-state index contributed by atoms with van der Waals surface area (Å²) in [6.45, 7) is 4.25. The highest BCUT2D eigenvalue weighted by atomic mass is 79.9. The van der Waals surface area contributed by atoms with E-state index in [4.69, 9.17) is 4.74 Å². The maximum atomic E-state index is 5.76. The Labute approximate surface area is 94.6 Å². The van der Waals surface area contributed by atoms with Gasteiger partial charge in [-0.1, -0.05) is 31.5 Å². The molecule has 2 heteroatoms. The van der Waals surface area contributed by atoms with E-state index in [-0.39, 0.29) is 5.01 Å². The Morgan fingerprint density at radius 2 is 2.07 bits per heavy atom. The van der Waals surface area contributed by atoms with Gasteiger partial charge in [-0.3, -0.25) is 0 Å². The molecule has 0 aliphatic carbocycles. The van der Waals surface area contributed by atoms with Crippen molar-refractivity contribution in [3.05, 3.63) is 29.8 Å². The molecule has 1 aromatic rings. The Morgan fingerprint density at radius 3 is 2.71 bits per heavy atom. The second-order valence-corrected chi connectivity index (χ2v) is 4.46. The highest BCUT2D eigenvalue weighted by molar-refractivity contribution is 9.09. The molecule has 0 heterocycles. The van der Waals surface area contributed by atoms with Crippen molar-refractivity contribution >= 4 is 15.9 Å². The zero-order chi connectivity index (χ0) is 10.4. The molecule has 1 aromatic carbocycles. The SMILES string of the molecule is CCCCC(Br)Oc1ccccc1C. The van der Waals surface area contributed by atoms with Crippen LogP contribution in [0, 0.1) is 6.92 Å². The molecule has 0 bridgehead atoms. The monoisotopic (exact) mass is 256 g/mol. The van der Waals surface area contributed by atoms with Crippen molar-refractivity contribution in [2.24, 2.45) is 0 Å². The molecule has 0 amide bonds. The molecule has 0 aliphatic heterocycles. The van der Waals surface area contributed by atoms with Gasteiger partial charge in [-0.25, -0.2) is 0 Å². The Hall–Kier alpha value is -0.500. The van der Waals surface area contributed by atoms with Crippen LogP contribution in [0.3, 0.4) is 0 Å². The van der Waals surface area contributed by atoms with Gasteiger partial charge in [0.15, 0.2) is 5.01 Å². The second-order valence-electron chi connectivity index (χ2n) is 3.44. The van der Waals surface area contributed by atoms with Crippen LogP contribution in [-0.2, 0) is 0 Å². The van der Waals surface area contributed by atoms with E-state index >= 15 is 0 Å². The highest BCUT2D eigenvalue weighted by Crippen LogP contribution is 2.21. The van der Waals surface area contributed by atoms with Gasteiger partial charge >= 0.3 is 0 Å². The lowest BCUT2D eigenvalue weighted by Crippen LogP contribution is -2.08. The quantitative estimate of drug-likeness (QED) is 0.715. The van der Waals surface area contributed by atoms with E-state index in [0.29, 0.717) is 0 Å². The average Bonchev–Trinajstić information content (AvgIpc) is 2.18. The predicted molar refractivity (Wildman–Crippen MR) is 64.0 cm³/mol. The summed E-state index contributed by atoms with van der Waals surface area (Å²) in [6, 6.07) is 8.10. The molecule has 1 rings (SSSR count). The van der Waals surface area contributed by atoms with Crippen LogP contribution >= 0.6 is 15.9 Å². The van der Waals surface area contributed by atoms with E-state index in [1.807, 2.05) is 18.2 Å². The van der Waals surface area contributed by atoms with Gasteiger partial charge < -0.3 is 4.74 Å². The number of unbranched alkanes of at least 4 members (excludes halogenated alkanes) is 1. The van der Waals surface area contributed by atoms with Gasteiger partial charge in [0.1, 0.15) is 5.75 Å². The van der Waals surface area contributed by atoms with Crippen molar-refractivity contribution in [1.82, 2.24) is 0 Å². The van der Waals surface area contributed by atoms with E-state index < -0.39 is 0 Å². The van der Waals surface area contributed by atoms with Crippen LogP contribution in [-0.4, -0.2) is 5.01 Å². The Morgan fingerprint density at radius 1 is 1.36 bits per heavy atom. The van der Waals surface area contributed by atoms with Crippen LogP contribution in [0.2, 0.25) is 0 Å². The number of benzene rings is 1. The summed E-state index contributed by atoms with van der Waals surface area (Å²) in [5, 5.41) is 0.142. The molecule has 0 aromatic heterocycles. The number of para-hydroxylation sites is 1. The number of aryl methyl sites for hydroxylation is 1. The molecular weight excluding hydrogens is 240 g/mol. The smallest absolute Gasteiger partial charge is 0.153 e. The van der Waals surface area contributed by atoms with E-state index in [9.17, 15) is 0 Å². The third kappa shape index (κ3) is 3.70. The summed E-state index contributed by atoms with van der Waals surface area (Å²) in [7, 11) is 0. The summed E-state index contributed by atoms with van der Waals surface area (Å²) in [6.07, 6.45) is 3.46. The first-order valence-electron chi connectivity index (χ1n) is 5.10. The van der Waals surface area contributed by atoms with Gasteiger partial charge in [0.25, 0.3) is 0 Å². The Bertz CT molecular complexity index is 273. The maximum absolute atomic E-state index is 5.76. The molecule has 0 N–H and O–H groups in total. The van der Waals surface area contributed by atoms with Crippen LogP contribution < -0.4 is 4.74 Å². The predicted octanol–water partition coefficient (Wildman–Crippen LogP) is 4.29. The molecule has 0 aliphatic rings.